The molecule has 1 saturated carbocycles. The summed E-state index contributed by atoms with van der Waals surface area (Å²) in [6.45, 7) is 3.17. The van der Waals surface area contributed by atoms with Crippen LogP contribution in [-0.2, 0) is 11.3 Å². The first-order chi connectivity index (χ1) is 14.7. The number of imidazole rings is 1. The summed E-state index contributed by atoms with van der Waals surface area (Å²) in [6, 6.07) is 11.9. The van der Waals surface area contributed by atoms with Gasteiger partial charge in [0.05, 0.1) is 6.33 Å². The second-order valence-electron chi connectivity index (χ2n) is 8.01. The molecular formula is C23H24N4O2S. The van der Waals surface area contributed by atoms with Crippen molar-refractivity contribution in [3.63, 3.8) is 0 Å². The van der Waals surface area contributed by atoms with Gasteiger partial charge in [-0.15, -0.1) is 11.3 Å². The molecular weight excluding hydrogens is 396 g/mol. The van der Waals surface area contributed by atoms with E-state index in [1.807, 2.05) is 44.8 Å². The summed E-state index contributed by atoms with van der Waals surface area (Å²) in [5.74, 6) is 0.829. The van der Waals surface area contributed by atoms with Gasteiger partial charge in [0.25, 0.3) is 5.91 Å². The fraction of sp³-hybridized carbons (Fsp3) is 0.348. The fourth-order valence-electron chi connectivity index (χ4n) is 4.18. The molecule has 0 unspecified atom stereocenters. The Morgan fingerprint density at radius 3 is 2.47 bits per heavy atom. The Morgan fingerprint density at radius 1 is 1.03 bits per heavy atom. The van der Waals surface area contributed by atoms with E-state index in [0.717, 1.165) is 18.5 Å². The molecule has 1 saturated heterocycles. The van der Waals surface area contributed by atoms with Crippen molar-refractivity contribution in [3.8, 4) is 0 Å². The van der Waals surface area contributed by atoms with Crippen LogP contribution in [0.3, 0.4) is 0 Å². The summed E-state index contributed by atoms with van der Waals surface area (Å²) in [4.78, 5) is 34.8. The molecule has 6 nitrogen and oxygen atoms in total. The number of thiophene rings is 1. The average molecular weight is 421 g/mol. The van der Waals surface area contributed by atoms with Crippen molar-refractivity contribution in [1.29, 1.82) is 0 Å². The molecule has 0 bridgehead atoms. The van der Waals surface area contributed by atoms with Gasteiger partial charge in [-0.3, -0.25) is 9.59 Å². The number of nitrogens with zero attached hydrogens (tertiary/aromatic N) is 4. The Labute approximate surface area is 179 Å². The second kappa shape index (κ2) is 8.07. The first-order valence-electron chi connectivity index (χ1n) is 10.3. The van der Waals surface area contributed by atoms with Gasteiger partial charge in [0.2, 0.25) is 5.91 Å². The standard InChI is InChI=1S/C23H24N4O2S/c28-22(18-5-3-17(4-6-18)15-25-8-7-24-16-25)26-9-11-27(12-10-26)23(29)20-14-19(20)21-2-1-13-30-21/h1-8,13,16,19-20H,9-12,14-15H2/t19-,20-/m0/s1. The lowest BCUT2D eigenvalue weighted by Crippen LogP contribution is -2.51. The van der Waals surface area contributed by atoms with Crippen molar-refractivity contribution in [2.75, 3.05) is 26.2 Å². The van der Waals surface area contributed by atoms with Gasteiger partial charge in [-0.25, -0.2) is 4.98 Å². The van der Waals surface area contributed by atoms with E-state index in [0.29, 0.717) is 37.7 Å². The predicted octanol–water partition coefficient (Wildman–Crippen LogP) is 3.08. The Hall–Kier alpha value is -2.93. The summed E-state index contributed by atoms with van der Waals surface area (Å²) < 4.78 is 2.00. The zero-order chi connectivity index (χ0) is 20.5. The number of carbonyl (C=O) groups is 2. The zero-order valence-electron chi connectivity index (χ0n) is 16.7. The van der Waals surface area contributed by atoms with Crippen LogP contribution in [0, 0.1) is 5.92 Å². The molecule has 1 aromatic carbocycles. The minimum Gasteiger partial charge on any atom is -0.339 e. The third kappa shape index (κ3) is 3.89. The smallest absolute Gasteiger partial charge is 0.253 e. The maximum absolute atomic E-state index is 12.9. The molecule has 2 amide bonds. The molecule has 1 aliphatic carbocycles. The number of rotatable bonds is 5. The molecule has 7 heteroatoms. The first-order valence-corrected chi connectivity index (χ1v) is 11.2. The summed E-state index contributed by atoms with van der Waals surface area (Å²) >= 11 is 1.74. The van der Waals surface area contributed by atoms with Crippen LogP contribution in [0.2, 0.25) is 0 Å². The largest absolute Gasteiger partial charge is 0.339 e. The van der Waals surface area contributed by atoms with Gasteiger partial charge in [-0.1, -0.05) is 18.2 Å². The highest BCUT2D eigenvalue weighted by Crippen LogP contribution is 2.50. The molecule has 30 heavy (non-hydrogen) atoms. The van der Waals surface area contributed by atoms with Crippen LogP contribution in [0.5, 0.6) is 0 Å². The van der Waals surface area contributed by atoms with Gasteiger partial charge in [0.15, 0.2) is 0 Å². The third-order valence-corrected chi connectivity index (χ3v) is 7.02. The minimum atomic E-state index is 0.0409. The fourth-order valence-corrected chi connectivity index (χ4v) is 5.08. The van der Waals surface area contributed by atoms with E-state index in [4.69, 9.17) is 0 Å². The van der Waals surface area contributed by atoms with Crippen LogP contribution in [-0.4, -0.2) is 57.3 Å². The van der Waals surface area contributed by atoms with Crippen molar-refractivity contribution >= 4 is 23.2 Å². The SMILES string of the molecule is O=C(c1ccc(Cn2ccnc2)cc1)N1CCN(C(=O)[C@H]2C[C@@H]2c2cccs2)CC1. The predicted molar refractivity (Wildman–Crippen MR) is 115 cm³/mol. The maximum atomic E-state index is 12.9. The summed E-state index contributed by atoms with van der Waals surface area (Å²) in [5, 5.41) is 2.07. The highest BCUT2D eigenvalue weighted by molar-refractivity contribution is 7.10. The van der Waals surface area contributed by atoms with Crippen LogP contribution in [0.25, 0.3) is 0 Å². The Bertz CT molecular complexity index is 1010. The monoisotopic (exact) mass is 420 g/mol. The molecule has 0 N–H and O–H groups in total. The van der Waals surface area contributed by atoms with Crippen LogP contribution < -0.4 is 0 Å². The maximum Gasteiger partial charge on any atom is 0.253 e. The summed E-state index contributed by atoms with van der Waals surface area (Å²) in [6.07, 6.45) is 6.42. The molecule has 0 spiro atoms. The van der Waals surface area contributed by atoms with E-state index < -0.39 is 0 Å². The van der Waals surface area contributed by atoms with Crippen LogP contribution >= 0.6 is 11.3 Å². The van der Waals surface area contributed by atoms with Gasteiger partial charge in [-0.05, 0) is 35.6 Å². The number of benzene rings is 1. The topological polar surface area (TPSA) is 58.4 Å². The van der Waals surface area contributed by atoms with Crippen LogP contribution in [0.15, 0.2) is 60.5 Å². The first kappa shape index (κ1) is 19.1. The lowest BCUT2D eigenvalue weighted by atomic mass is 10.1. The van der Waals surface area contributed by atoms with E-state index in [-0.39, 0.29) is 17.7 Å². The molecule has 0 radical (unpaired) electrons. The quantitative estimate of drug-likeness (QED) is 0.637. The van der Waals surface area contributed by atoms with Crippen LogP contribution in [0.4, 0.5) is 0 Å². The number of aromatic nitrogens is 2. The van der Waals surface area contributed by atoms with E-state index in [1.54, 1.807) is 23.9 Å². The third-order valence-electron chi connectivity index (χ3n) is 6.02. The van der Waals surface area contributed by atoms with Gasteiger partial charge in [0.1, 0.15) is 0 Å². The number of hydrogen-bond donors (Lipinski definition) is 0. The Kier molecular flexibility index (Phi) is 5.12. The van der Waals surface area contributed by atoms with Gasteiger partial charge in [0, 0.05) is 67.4 Å². The summed E-state index contributed by atoms with van der Waals surface area (Å²) in [7, 11) is 0. The molecule has 2 atom stereocenters. The van der Waals surface area contributed by atoms with Crippen LogP contribution in [0.1, 0.15) is 33.1 Å². The lowest BCUT2D eigenvalue weighted by Gasteiger charge is -2.35. The highest BCUT2D eigenvalue weighted by Gasteiger charge is 2.46. The van der Waals surface area contributed by atoms with Gasteiger partial charge in [-0.2, -0.15) is 0 Å². The van der Waals surface area contributed by atoms with Crippen molar-refractivity contribution < 1.29 is 9.59 Å². The highest BCUT2D eigenvalue weighted by atomic mass is 32.1. The number of piperazine rings is 1. The minimum absolute atomic E-state index is 0.0409. The lowest BCUT2D eigenvalue weighted by molar-refractivity contribution is -0.134. The molecule has 3 heterocycles. The molecule has 5 rings (SSSR count). The summed E-state index contributed by atoms with van der Waals surface area (Å²) in [5.41, 5.74) is 1.83. The van der Waals surface area contributed by atoms with E-state index in [2.05, 4.69) is 22.5 Å². The molecule has 2 aromatic heterocycles. The molecule has 3 aromatic rings. The normalized spacial score (nSPS) is 20.9. The number of amides is 2. The van der Waals surface area contributed by atoms with Crippen molar-refractivity contribution in [1.82, 2.24) is 19.4 Å². The molecule has 2 fully saturated rings. The zero-order valence-corrected chi connectivity index (χ0v) is 17.5. The van der Waals surface area contributed by atoms with Crippen molar-refractivity contribution in [2.45, 2.75) is 18.9 Å². The Morgan fingerprint density at radius 2 is 1.80 bits per heavy atom. The van der Waals surface area contributed by atoms with E-state index >= 15 is 0 Å². The van der Waals surface area contributed by atoms with Gasteiger partial charge >= 0.3 is 0 Å². The number of hydrogen-bond acceptors (Lipinski definition) is 4. The number of carbonyl (C=O) groups excluding carboxylic acids is 2. The average Bonchev–Trinajstić information content (AvgIpc) is 3.16. The molecule has 2 aliphatic rings. The molecule has 154 valence electrons. The van der Waals surface area contributed by atoms with Gasteiger partial charge < -0.3 is 14.4 Å². The van der Waals surface area contributed by atoms with Crippen molar-refractivity contribution in [2.24, 2.45) is 5.92 Å². The molecule has 1 aliphatic heterocycles. The van der Waals surface area contributed by atoms with Crippen molar-refractivity contribution in [3.05, 3.63) is 76.5 Å². The van der Waals surface area contributed by atoms with E-state index in [9.17, 15) is 9.59 Å². The Balaban J connectivity index is 1.14. The second-order valence-corrected chi connectivity index (χ2v) is 8.99. The van der Waals surface area contributed by atoms with E-state index in [1.165, 1.54) is 4.88 Å².